The van der Waals surface area contributed by atoms with E-state index in [9.17, 15) is 5.11 Å². The van der Waals surface area contributed by atoms with Gasteiger partial charge in [0.15, 0.2) is 0 Å². The summed E-state index contributed by atoms with van der Waals surface area (Å²) in [6.07, 6.45) is 9.22. The topological polar surface area (TPSA) is 29.5 Å². The molecule has 0 spiro atoms. The van der Waals surface area contributed by atoms with Gasteiger partial charge in [-0.2, -0.15) is 0 Å². The van der Waals surface area contributed by atoms with Crippen molar-refractivity contribution in [1.29, 1.82) is 0 Å². The third-order valence-corrected chi connectivity index (χ3v) is 11.4. The molecule has 1 saturated carbocycles. The molecule has 2 aliphatic rings. The standard InChI is InChI=1S/C22H40O2Si/c1-9-12-22(6)13-17-11-10-16(2)18(15-23)20(17)19(14-22)24-25(7,8)21(3,4)5/h9,12,16-18,23H,10-11,13-15H2,1-8H3. The molecule has 1 fully saturated rings. The van der Waals surface area contributed by atoms with Crippen LogP contribution in [0.4, 0.5) is 0 Å². The molecule has 0 aromatic heterocycles. The second kappa shape index (κ2) is 7.23. The highest BCUT2D eigenvalue weighted by Crippen LogP contribution is 2.53. The molecule has 0 heterocycles. The van der Waals surface area contributed by atoms with Crippen molar-refractivity contribution < 1.29 is 9.53 Å². The summed E-state index contributed by atoms with van der Waals surface area (Å²) in [5.74, 6) is 2.64. The van der Waals surface area contributed by atoms with Crippen LogP contribution in [0.25, 0.3) is 0 Å². The van der Waals surface area contributed by atoms with Gasteiger partial charge in [-0.15, -0.1) is 0 Å². The fourth-order valence-corrected chi connectivity index (χ4v) is 5.66. The van der Waals surface area contributed by atoms with Gasteiger partial charge in [0.25, 0.3) is 0 Å². The van der Waals surface area contributed by atoms with Gasteiger partial charge in [-0.05, 0) is 67.1 Å². The minimum absolute atomic E-state index is 0.182. The van der Waals surface area contributed by atoms with Crippen molar-refractivity contribution in [2.45, 2.75) is 85.4 Å². The number of rotatable bonds is 4. The van der Waals surface area contributed by atoms with E-state index < -0.39 is 8.32 Å². The molecule has 4 unspecified atom stereocenters. The Balaban J connectivity index is 2.50. The molecule has 2 aliphatic carbocycles. The first-order valence-electron chi connectivity index (χ1n) is 10.1. The van der Waals surface area contributed by atoms with Gasteiger partial charge in [-0.25, -0.2) is 0 Å². The molecule has 2 nitrogen and oxygen atoms in total. The van der Waals surface area contributed by atoms with E-state index in [1.54, 1.807) is 0 Å². The molecule has 0 aromatic carbocycles. The lowest BCUT2D eigenvalue weighted by Crippen LogP contribution is -2.44. The number of allylic oxidation sites excluding steroid dienone is 3. The van der Waals surface area contributed by atoms with Crippen molar-refractivity contribution in [1.82, 2.24) is 0 Å². The summed E-state index contributed by atoms with van der Waals surface area (Å²) in [5, 5.41) is 10.3. The average Bonchev–Trinajstić information content (AvgIpc) is 2.46. The molecular formula is C22H40O2Si. The molecule has 144 valence electrons. The van der Waals surface area contributed by atoms with E-state index in [4.69, 9.17) is 4.43 Å². The lowest BCUT2D eigenvalue weighted by Gasteiger charge is -2.48. The maximum Gasteiger partial charge on any atom is 0.250 e. The first-order valence-corrected chi connectivity index (χ1v) is 13.0. The molecule has 2 rings (SSSR count). The molecule has 0 saturated heterocycles. The average molecular weight is 365 g/mol. The van der Waals surface area contributed by atoms with Gasteiger partial charge in [0, 0.05) is 12.3 Å². The van der Waals surface area contributed by atoms with Crippen molar-refractivity contribution in [3.05, 3.63) is 23.5 Å². The fraction of sp³-hybridized carbons (Fsp3) is 0.818. The van der Waals surface area contributed by atoms with Crippen LogP contribution in [0.5, 0.6) is 0 Å². The summed E-state index contributed by atoms with van der Waals surface area (Å²) >= 11 is 0. The van der Waals surface area contributed by atoms with E-state index >= 15 is 0 Å². The molecule has 25 heavy (non-hydrogen) atoms. The monoisotopic (exact) mass is 364 g/mol. The van der Waals surface area contributed by atoms with Gasteiger partial charge in [0.1, 0.15) is 0 Å². The van der Waals surface area contributed by atoms with Crippen LogP contribution in [0.2, 0.25) is 18.1 Å². The summed E-state index contributed by atoms with van der Waals surface area (Å²) < 4.78 is 6.91. The highest BCUT2D eigenvalue weighted by Gasteiger charge is 2.46. The molecule has 0 radical (unpaired) electrons. The molecule has 0 amide bonds. The van der Waals surface area contributed by atoms with Crippen molar-refractivity contribution in [3.63, 3.8) is 0 Å². The van der Waals surface area contributed by atoms with Gasteiger partial charge in [-0.3, -0.25) is 0 Å². The number of hydrogen-bond donors (Lipinski definition) is 1. The van der Waals surface area contributed by atoms with Crippen LogP contribution in [0.3, 0.4) is 0 Å². The van der Waals surface area contributed by atoms with Crippen LogP contribution in [0.1, 0.15) is 67.2 Å². The first-order chi connectivity index (χ1) is 11.4. The summed E-state index contributed by atoms with van der Waals surface area (Å²) in [4.78, 5) is 0. The quantitative estimate of drug-likeness (QED) is 0.469. The second-order valence-corrected chi connectivity index (χ2v) is 15.0. The Bertz CT molecular complexity index is 541. The normalized spacial score (nSPS) is 34.4. The van der Waals surface area contributed by atoms with E-state index in [0.717, 1.165) is 6.42 Å². The largest absolute Gasteiger partial charge is 0.546 e. The van der Waals surface area contributed by atoms with Crippen LogP contribution >= 0.6 is 0 Å². The Morgan fingerprint density at radius 1 is 1.28 bits per heavy atom. The predicted molar refractivity (Wildman–Crippen MR) is 110 cm³/mol. The summed E-state index contributed by atoms with van der Waals surface area (Å²) in [5.41, 5.74) is 1.65. The van der Waals surface area contributed by atoms with Crippen LogP contribution in [0, 0.1) is 23.2 Å². The Morgan fingerprint density at radius 2 is 1.92 bits per heavy atom. The van der Waals surface area contributed by atoms with Crippen LogP contribution in [-0.2, 0) is 4.43 Å². The SMILES string of the molecule is CC=CC1(C)CC(O[Si](C)(C)C(C)(C)C)=C2C(CCC(C)C2CO)C1. The summed E-state index contributed by atoms with van der Waals surface area (Å²) in [6.45, 7) is 18.7. The van der Waals surface area contributed by atoms with Gasteiger partial charge < -0.3 is 9.53 Å². The molecule has 4 atom stereocenters. The van der Waals surface area contributed by atoms with Crippen molar-refractivity contribution in [3.8, 4) is 0 Å². The molecule has 3 heteroatoms. The number of fused-ring (bicyclic) bond motifs is 1. The van der Waals surface area contributed by atoms with E-state index in [2.05, 4.69) is 66.8 Å². The maximum atomic E-state index is 10.1. The summed E-state index contributed by atoms with van der Waals surface area (Å²) in [6, 6.07) is 0. The Labute approximate surface area is 156 Å². The molecule has 0 aromatic rings. The second-order valence-electron chi connectivity index (χ2n) is 10.3. The maximum absolute atomic E-state index is 10.1. The zero-order chi connectivity index (χ0) is 19.0. The van der Waals surface area contributed by atoms with Crippen molar-refractivity contribution in [2.24, 2.45) is 23.2 Å². The smallest absolute Gasteiger partial charge is 0.250 e. The molecular weight excluding hydrogens is 324 g/mol. The Morgan fingerprint density at radius 3 is 2.44 bits per heavy atom. The van der Waals surface area contributed by atoms with Crippen molar-refractivity contribution in [2.75, 3.05) is 6.61 Å². The van der Waals surface area contributed by atoms with E-state index in [1.165, 1.54) is 30.6 Å². The number of aliphatic hydroxyl groups is 1. The summed E-state index contributed by atoms with van der Waals surface area (Å²) in [7, 11) is -1.88. The van der Waals surface area contributed by atoms with Crippen LogP contribution < -0.4 is 0 Å². The van der Waals surface area contributed by atoms with Gasteiger partial charge in [0.2, 0.25) is 8.32 Å². The minimum atomic E-state index is -1.88. The lowest BCUT2D eigenvalue weighted by atomic mass is 9.61. The fourth-order valence-electron chi connectivity index (χ4n) is 4.54. The van der Waals surface area contributed by atoms with Gasteiger partial charge in [0.05, 0.1) is 12.4 Å². The highest BCUT2D eigenvalue weighted by molar-refractivity contribution is 6.74. The van der Waals surface area contributed by atoms with Gasteiger partial charge >= 0.3 is 0 Å². The van der Waals surface area contributed by atoms with E-state index in [0.29, 0.717) is 11.8 Å². The minimum Gasteiger partial charge on any atom is -0.546 e. The third-order valence-electron chi connectivity index (χ3n) is 7.05. The van der Waals surface area contributed by atoms with E-state index in [1.807, 2.05) is 0 Å². The zero-order valence-corrected chi connectivity index (χ0v) is 18.8. The molecule has 0 bridgehead atoms. The first kappa shape index (κ1) is 20.8. The van der Waals surface area contributed by atoms with Gasteiger partial charge in [-0.1, -0.05) is 46.8 Å². The molecule has 0 aliphatic heterocycles. The zero-order valence-electron chi connectivity index (χ0n) is 17.8. The van der Waals surface area contributed by atoms with E-state index in [-0.39, 0.29) is 23.0 Å². The Hall–Kier alpha value is -0.543. The van der Waals surface area contributed by atoms with Crippen LogP contribution in [0.15, 0.2) is 23.5 Å². The number of hydrogen-bond acceptors (Lipinski definition) is 2. The Kier molecular flexibility index (Phi) is 6.00. The van der Waals surface area contributed by atoms with Crippen LogP contribution in [-0.4, -0.2) is 20.0 Å². The third kappa shape index (κ3) is 4.24. The highest BCUT2D eigenvalue weighted by atomic mass is 28.4. The predicted octanol–water partition coefficient (Wildman–Crippen LogP) is 6.29. The van der Waals surface area contributed by atoms with Crippen molar-refractivity contribution >= 4 is 8.32 Å². The number of aliphatic hydroxyl groups excluding tert-OH is 1. The molecule has 1 N–H and O–H groups in total. The lowest BCUT2D eigenvalue weighted by molar-refractivity contribution is 0.123.